The molecule has 22 heavy (non-hydrogen) atoms. The summed E-state index contributed by atoms with van der Waals surface area (Å²) in [5, 5.41) is 13.2. The molecule has 1 aromatic carbocycles. The van der Waals surface area contributed by atoms with Crippen LogP contribution in [0, 0.1) is 0 Å². The largest absolute Gasteiger partial charge is 0.418 e. The molecular formula is C14H19F3N2O2S. The summed E-state index contributed by atoms with van der Waals surface area (Å²) in [5.41, 5.74) is -1.20. The van der Waals surface area contributed by atoms with Crippen LogP contribution in [-0.2, 0) is 6.18 Å². The second kappa shape index (κ2) is 8.28. The topological polar surface area (TPSA) is 61.4 Å². The monoisotopic (exact) mass is 336 g/mol. The van der Waals surface area contributed by atoms with Crippen molar-refractivity contribution < 1.29 is 23.1 Å². The third-order valence-electron chi connectivity index (χ3n) is 2.85. The smallest absolute Gasteiger partial charge is 0.395 e. The fraction of sp³-hybridized carbons (Fsp3) is 0.500. The lowest BCUT2D eigenvalue weighted by atomic mass is 10.1. The SMILES string of the molecule is CCC(C)Sc1ccc(NC(=O)NCCO)c(C(F)(F)F)c1. The van der Waals surface area contributed by atoms with E-state index in [0.29, 0.717) is 4.90 Å². The Morgan fingerprint density at radius 3 is 2.64 bits per heavy atom. The Hall–Kier alpha value is -1.41. The number of hydrogen-bond donors (Lipinski definition) is 3. The quantitative estimate of drug-likeness (QED) is 0.694. The van der Waals surface area contributed by atoms with Gasteiger partial charge in [-0.05, 0) is 24.6 Å². The zero-order valence-electron chi connectivity index (χ0n) is 12.3. The molecule has 0 fully saturated rings. The second-order valence-electron chi connectivity index (χ2n) is 4.65. The van der Waals surface area contributed by atoms with Crippen LogP contribution >= 0.6 is 11.8 Å². The summed E-state index contributed by atoms with van der Waals surface area (Å²) in [5.74, 6) is 0. The Morgan fingerprint density at radius 1 is 1.41 bits per heavy atom. The van der Waals surface area contributed by atoms with Crippen molar-refractivity contribution in [2.24, 2.45) is 0 Å². The maximum Gasteiger partial charge on any atom is 0.418 e. The molecule has 1 atom stereocenters. The zero-order valence-corrected chi connectivity index (χ0v) is 13.1. The van der Waals surface area contributed by atoms with E-state index in [2.05, 4.69) is 10.6 Å². The summed E-state index contributed by atoms with van der Waals surface area (Å²) in [6, 6.07) is 3.04. The van der Waals surface area contributed by atoms with Crippen molar-refractivity contribution >= 4 is 23.5 Å². The minimum absolute atomic E-state index is 0.0326. The highest BCUT2D eigenvalue weighted by Gasteiger charge is 2.34. The van der Waals surface area contributed by atoms with Crippen molar-refractivity contribution in [1.82, 2.24) is 5.32 Å². The molecule has 0 heterocycles. The van der Waals surface area contributed by atoms with E-state index in [9.17, 15) is 18.0 Å². The second-order valence-corrected chi connectivity index (χ2v) is 6.16. The average Bonchev–Trinajstić information content (AvgIpc) is 2.45. The van der Waals surface area contributed by atoms with E-state index in [1.807, 2.05) is 13.8 Å². The first-order chi connectivity index (χ1) is 10.3. The van der Waals surface area contributed by atoms with Crippen LogP contribution in [0.5, 0.6) is 0 Å². The molecule has 1 aromatic rings. The lowest BCUT2D eigenvalue weighted by Crippen LogP contribution is -2.31. The molecule has 0 aliphatic heterocycles. The molecule has 124 valence electrons. The number of nitrogens with one attached hydrogen (secondary N) is 2. The van der Waals surface area contributed by atoms with Gasteiger partial charge in [0.1, 0.15) is 0 Å². The molecule has 1 unspecified atom stereocenters. The number of carbonyl (C=O) groups excluding carboxylic acids is 1. The fourth-order valence-electron chi connectivity index (χ4n) is 1.59. The van der Waals surface area contributed by atoms with Crippen molar-refractivity contribution in [3.63, 3.8) is 0 Å². The molecule has 1 rings (SSSR count). The number of hydrogen-bond acceptors (Lipinski definition) is 3. The summed E-state index contributed by atoms with van der Waals surface area (Å²) >= 11 is 1.35. The summed E-state index contributed by atoms with van der Waals surface area (Å²) in [6.07, 6.45) is -3.72. The maximum absolute atomic E-state index is 13.1. The first kappa shape index (κ1) is 18.6. The van der Waals surface area contributed by atoms with E-state index in [0.717, 1.165) is 12.5 Å². The molecule has 0 radical (unpaired) electrons. The third kappa shape index (κ3) is 5.76. The average molecular weight is 336 g/mol. The minimum Gasteiger partial charge on any atom is -0.395 e. The van der Waals surface area contributed by atoms with E-state index >= 15 is 0 Å². The molecule has 0 aromatic heterocycles. The fourth-order valence-corrected chi connectivity index (χ4v) is 2.56. The molecule has 0 aliphatic rings. The lowest BCUT2D eigenvalue weighted by Gasteiger charge is -2.16. The van der Waals surface area contributed by atoms with Gasteiger partial charge in [0.05, 0.1) is 17.9 Å². The molecule has 0 saturated heterocycles. The van der Waals surface area contributed by atoms with E-state index in [4.69, 9.17) is 5.11 Å². The Labute approximate surface area is 131 Å². The molecule has 0 spiro atoms. The zero-order chi connectivity index (χ0) is 16.8. The summed E-state index contributed by atoms with van der Waals surface area (Å²) in [7, 11) is 0. The van der Waals surface area contributed by atoms with E-state index in [1.54, 1.807) is 6.07 Å². The predicted octanol–water partition coefficient (Wildman–Crippen LogP) is 3.71. The molecule has 0 aliphatic carbocycles. The number of urea groups is 1. The number of aliphatic hydroxyl groups excluding tert-OH is 1. The molecular weight excluding hydrogens is 317 g/mol. The molecule has 4 nitrogen and oxygen atoms in total. The van der Waals surface area contributed by atoms with Crippen LogP contribution < -0.4 is 10.6 Å². The lowest BCUT2D eigenvalue weighted by molar-refractivity contribution is -0.137. The van der Waals surface area contributed by atoms with Crippen LogP contribution in [0.2, 0.25) is 0 Å². The Balaban J connectivity index is 2.99. The van der Waals surface area contributed by atoms with E-state index in [-0.39, 0.29) is 24.1 Å². The van der Waals surface area contributed by atoms with Gasteiger partial charge in [0.25, 0.3) is 0 Å². The standard InChI is InChI=1S/C14H19F3N2O2S/c1-3-9(2)22-10-4-5-12(11(8-10)14(15,16)17)19-13(21)18-6-7-20/h4-5,8-9,20H,3,6-7H2,1-2H3,(H2,18,19,21). The number of thioether (sulfide) groups is 1. The summed E-state index contributed by atoms with van der Waals surface area (Å²) in [4.78, 5) is 12.0. The number of aliphatic hydroxyl groups is 1. The van der Waals surface area contributed by atoms with Crippen molar-refractivity contribution in [1.29, 1.82) is 0 Å². The molecule has 3 N–H and O–H groups in total. The molecule has 2 amide bonds. The van der Waals surface area contributed by atoms with Crippen molar-refractivity contribution in [3.05, 3.63) is 23.8 Å². The van der Waals surface area contributed by atoms with Gasteiger partial charge in [0.15, 0.2) is 0 Å². The highest BCUT2D eigenvalue weighted by Crippen LogP contribution is 2.38. The Kier molecular flexibility index (Phi) is 7.02. The number of carbonyl (C=O) groups is 1. The molecule has 0 saturated carbocycles. The summed E-state index contributed by atoms with van der Waals surface area (Å²) < 4.78 is 39.4. The normalized spacial score (nSPS) is 12.8. The van der Waals surface area contributed by atoms with Gasteiger partial charge in [-0.3, -0.25) is 0 Å². The van der Waals surface area contributed by atoms with Crippen LogP contribution in [0.4, 0.5) is 23.7 Å². The van der Waals surface area contributed by atoms with Crippen molar-refractivity contribution in [2.75, 3.05) is 18.5 Å². The van der Waals surface area contributed by atoms with Crippen LogP contribution in [0.25, 0.3) is 0 Å². The van der Waals surface area contributed by atoms with E-state index in [1.165, 1.54) is 17.8 Å². The van der Waals surface area contributed by atoms with Gasteiger partial charge < -0.3 is 15.7 Å². The highest BCUT2D eigenvalue weighted by atomic mass is 32.2. The minimum atomic E-state index is -4.56. The van der Waals surface area contributed by atoms with Crippen LogP contribution in [-0.4, -0.2) is 29.5 Å². The van der Waals surface area contributed by atoms with Gasteiger partial charge >= 0.3 is 12.2 Å². The van der Waals surface area contributed by atoms with Gasteiger partial charge in [-0.1, -0.05) is 13.8 Å². The highest BCUT2D eigenvalue weighted by molar-refractivity contribution is 7.99. The third-order valence-corrected chi connectivity index (χ3v) is 4.12. The van der Waals surface area contributed by atoms with Gasteiger partial charge in [-0.25, -0.2) is 4.79 Å². The number of benzene rings is 1. The Bertz CT molecular complexity index is 509. The van der Waals surface area contributed by atoms with Gasteiger partial charge in [0.2, 0.25) is 0 Å². The predicted molar refractivity (Wildman–Crippen MR) is 81.2 cm³/mol. The van der Waals surface area contributed by atoms with Crippen LogP contribution in [0.1, 0.15) is 25.8 Å². The Morgan fingerprint density at radius 2 is 2.09 bits per heavy atom. The van der Waals surface area contributed by atoms with Crippen molar-refractivity contribution in [2.45, 2.75) is 36.6 Å². The first-order valence-corrected chi connectivity index (χ1v) is 7.69. The van der Waals surface area contributed by atoms with Gasteiger partial charge in [-0.15, -0.1) is 11.8 Å². The number of amides is 2. The summed E-state index contributed by atoms with van der Waals surface area (Å²) in [6.45, 7) is 3.58. The number of alkyl halides is 3. The molecule has 8 heteroatoms. The van der Waals surface area contributed by atoms with Gasteiger partial charge in [0, 0.05) is 16.7 Å². The number of rotatable bonds is 6. The molecule has 0 bridgehead atoms. The van der Waals surface area contributed by atoms with Crippen LogP contribution in [0.3, 0.4) is 0 Å². The van der Waals surface area contributed by atoms with Crippen molar-refractivity contribution in [3.8, 4) is 0 Å². The number of anilines is 1. The maximum atomic E-state index is 13.1. The number of halogens is 3. The van der Waals surface area contributed by atoms with E-state index < -0.39 is 17.8 Å². The van der Waals surface area contributed by atoms with Gasteiger partial charge in [-0.2, -0.15) is 13.2 Å². The van der Waals surface area contributed by atoms with Crippen LogP contribution in [0.15, 0.2) is 23.1 Å². The first-order valence-electron chi connectivity index (χ1n) is 6.81.